The smallest absolute Gasteiger partial charge is 0.317 e. The lowest BCUT2D eigenvalue weighted by Crippen LogP contribution is -2.41. The van der Waals surface area contributed by atoms with Gasteiger partial charge in [-0.25, -0.2) is 4.79 Å². The zero-order valence-corrected chi connectivity index (χ0v) is 14.7. The van der Waals surface area contributed by atoms with E-state index in [0.717, 1.165) is 37.2 Å². The average Bonchev–Trinajstić information content (AvgIpc) is 3.27. The van der Waals surface area contributed by atoms with Crippen molar-refractivity contribution in [2.75, 3.05) is 37.7 Å². The number of carbonyl (C=O) groups is 2. The summed E-state index contributed by atoms with van der Waals surface area (Å²) in [5.74, 6) is 1.54. The molecule has 1 atom stereocenters. The molecule has 138 valence electrons. The minimum Gasteiger partial charge on any atom is -0.486 e. The summed E-state index contributed by atoms with van der Waals surface area (Å²) in [5, 5.41) is 3.05. The number of hydrogen-bond donors (Lipinski definition) is 1. The number of fused-ring (bicyclic) bond motifs is 1. The molecule has 1 spiro atoms. The van der Waals surface area contributed by atoms with Crippen LogP contribution >= 0.6 is 0 Å². The van der Waals surface area contributed by atoms with Crippen molar-refractivity contribution in [1.29, 1.82) is 0 Å². The first-order valence-electron chi connectivity index (χ1n) is 9.37. The molecule has 7 nitrogen and oxygen atoms in total. The lowest BCUT2D eigenvalue weighted by atomic mass is 9.86. The van der Waals surface area contributed by atoms with Crippen LogP contribution in [0.5, 0.6) is 11.5 Å². The number of anilines is 1. The second-order valence-corrected chi connectivity index (χ2v) is 7.88. The fraction of sp³-hybridized carbons (Fsp3) is 0.579. The van der Waals surface area contributed by atoms with Crippen molar-refractivity contribution in [1.82, 2.24) is 10.2 Å². The van der Waals surface area contributed by atoms with E-state index < -0.39 is 0 Å². The molecule has 3 aliphatic heterocycles. The number of hydrogen-bond acceptors (Lipinski definition) is 4. The maximum absolute atomic E-state index is 12.7. The maximum atomic E-state index is 12.7. The van der Waals surface area contributed by atoms with Crippen molar-refractivity contribution in [2.24, 2.45) is 5.41 Å². The molecule has 0 aromatic heterocycles. The molecule has 4 aliphatic rings. The van der Waals surface area contributed by atoms with Gasteiger partial charge < -0.3 is 24.6 Å². The van der Waals surface area contributed by atoms with Gasteiger partial charge in [-0.15, -0.1) is 0 Å². The number of nitrogens with one attached hydrogen (secondary N) is 1. The summed E-state index contributed by atoms with van der Waals surface area (Å²) in [7, 11) is 0. The predicted molar refractivity (Wildman–Crippen MR) is 94.6 cm³/mol. The average molecular weight is 357 g/mol. The highest BCUT2D eigenvalue weighted by molar-refractivity contribution is 5.97. The number of rotatable bonds is 2. The molecule has 1 N–H and O–H groups in total. The van der Waals surface area contributed by atoms with Crippen LogP contribution in [0.2, 0.25) is 0 Å². The molecule has 1 aromatic carbocycles. The van der Waals surface area contributed by atoms with Crippen LogP contribution in [0.25, 0.3) is 0 Å². The first-order valence-corrected chi connectivity index (χ1v) is 9.37. The molecule has 3 amide bonds. The monoisotopic (exact) mass is 357 g/mol. The standard InChI is InChI=1S/C19H23N3O4/c23-17-10-19(5-6-21(11-19)18(24)20-13-1-2-13)12-22(17)14-3-4-15-16(9-14)26-8-7-25-15/h3-4,9,13H,1-2,5-8,10-12H2,(H,20,24)/t19-/m0/s1. The summed E-state index contributed by atoms with van der Waals surface area (Å²) in [6.45, 7) is 3.11. The number of amides is 3. The number of carbonyl (C=O) groups excluding carboxylic acids is 2. The van der Waals surface area contributed by atoms with Gasteiger partial charge in [-0.1, -0.05) is 0 Å². The molecule has 3 fully saturated rings. The Labute approximate surface area is 152 Å². The Bertz CT molecular complexity index is 763. The van der Waals surface area contributed by atoms with Crippen LogP contribution in [0.15, 0.2) is 18.2 Å². The molecular weight excluding hydrogens is 334 g/mol. The van der Waals surface area contributed by atoms with Gasteiger partial charge in [-0.2, -0.15) is 0 Å². The maximum Gasteiger partial charge on any atom is 0.317 e. The number of nitrogens with zero attached hydrogens (tertiary/aromatic N) is 2. The largest absolute Gasteiger partial charge is 0.486 e. The van der Waals surface area contributed by atoms with Gasteiger partial charge in [0, 0.05) is 49.3 Å². The summed E-state index contributed by atoms with van der Waals surface area (Å²) < 4.78 is 11.2. The Morgan fingerprint density at radius 2 is 1.96 bits per heavy atom. The number of ether oxygens (including phenoxy) is 2. The molecular formula is C19H23N3O4. The fourth-order valence-corrected chi connectivity index (χ4v) is 4.21. The van der Waals surface area contributed by atoms with Crippen molar-refractivity contribution >= 4 is 17.6 Å². The highest BCUT2D eigenvalue weighted by Gasteiger charge is 2.49. The zero-order valence-electron chi connectivity index (χ0n) is 14.7. The second kappa shape index (κ2) is 5.79. The van der Waals surface area contributed by atoms with Gasteiger partial charge in [0.25, 0.3) is 0 Å². The topological polar surface area (TPSA) is 71.1 Å². The number of urea groups is 1. The SMILES string of the molecule is O=C(NC1CC1)N1CC[C@]2(CC(=O)N(c3ccc4c(c3)OCCO4)C2)C1. The van der Waals surface area contributed by atoms with E-state index in [1.54, 1.807) is 0 Å². The van der Waals surface area contributed by atoms with Gasteiger partial charge >= 0.3 is 6.03 Å². The zero-order chi connectivity index (χ0) is 17.7. The lowest BCUT2D eigenvalue weighted by Gasteiger charge is -2.25. The molecule has 7 heteroatoms. The molecule has 5 rings (SSSR count). The second-order valence-electron chi connectivity index (χ2n) is 7.88. The molecule has 0 bridgehead atoms. The van der Waals surface area contributed by atoms with Crippen molar-refractivity contribution in [2.45, 2.75) is 31.7 Å². The third-order valence-electron chi connectivity index (χ3n) is 5.79. The van der Waals surface area contributed by atoms with Crippen molar-refractivity contribution in [3.05, 3.63) is 18.2 Å². The van der Waals surface area contributed by atoms with E-state index in [-0.39, 0.29) is 17.4 Å². The van der Waals surface area contributed by atoms with Gasteiger partial charge in [0.1, 0.15) is 13.2 Å². The third-order valence-corrected chi connectivity index (χ3v) is 5.79. The molecule has 1 aromatic rings. The quantitative estimate of drug-likeness (QED) is 0.876. The van der Waals surface area contributed by atoms with E-state index in [2.05, 4.69) is 5.32 Å². The molecule has 3 heterocycles. The van der Waals surface area contributed by atoms with Crippen LogP contribution < -0.4 is 19.7 Å². The van der Waals surface area contributed by atoms with E-state index in [4.69, 9.17) is 9.47 Å². The molecule has 26 heavy (non-hydrogen) atoms. The van der Waals surface area contributed by atoms with Gasteiger partial charge in [-0.3, -0.25) is 4.79 Å². The van der Waals surface area contributed by atoms with Gasteiger partial charge in [0.2, 0.25) is 5.91 Å². The minimum atomic E-state index is -0.134. The Balaban J connectivity index is 1.30. The molecule has 1 aliphatic carbocycles. The Morgan fingerprint density at radius 3 is 2.77 bits per heavy atom. The summed E-state index contributed by atoms with van der Waals surface area (Å²) >= 11 is 0. The third kappa shape index (κ3) is 2.75. The predicted octanol–water partition coefficient (Wildman–Crippen LogP) is 1.76. The summed E-state index contributed by atoms with van der Waals surface area (Å²) in [4.78, 5) is 28.7. The van der Waals surface area contributed by atoms with Gasteiger partial charge in [0.15, 0.2) is 11.5 Å². The summed E-state index contributed by atoms with van der Waals surface area (Å²) in [6, 6.07) is 6.05. The molecule has 2 saturated heterocycles. The van der Waals surface area contributed by atoms with Crippen molar-refractivity contribution in [3.63, 3.8) is 0 Å². The van der Waals surface area contributed by atoms with Crippen LogP contribution in [0.4, 0.5) is 10.5 Å². The normalized spacial score (nSPS) is 27.3. The van der Waals surface area contributed by atoms with E-state index in [0.29, 0.717) is 44.5 Å². The molecule has 0 unspecified atom stereocenters. The van der Waals surface area contributed by atoms with Crippen molar-refractivity contribution < 1.29 is 19.1 Å². The molecule has 0 radical (unpaired) electrons. The first-order chi connectivity index (χ1) is 12.6. The minimum absolute atomic E-state index is 0.0228. The van der Waals surface area contributed by atoms with Crippen LogP contribution in [-0.2, 0) is 4.79 Å². The lowest BCUT2D eigenvalue weighted by molar-refractivity contribution is -0.117. The first kappa shape index (κ1) is 15.8. The molecule has 1 saturated carbocycles. The fourth-order valence-electron chi connectivity index (χ4n) is 4.21. The van der Waals surface area contributed by atoms with Gasteiger partial charge in [0.05, 0.1) is 0 Å². The van der Waals surface area contributed by atoms with Crippen LogP contribution in [-0.4, -0.2) is 55.7 Å². The number of likely N-dealkylation sites (tertiary alicyclic amines) is 1. The van der Waals surface area contributed by atoms with E-state index in [9.17, 15) is 9.59 Å². The van der Waals surface area contributed by atoms with Crippen LogP contribution in [0.1, 0.15) is 25.7 Å². The van der Waals surface area contributed by atoms with Crippen molar-refractivity contribution in [3.8, 4) is 11.5 Å². The Morgan fingerprint density at radius 1 is 1.15 bits per heavy atom. The number of benzene rings is 1. The highest BCUT2D eigenvalue weighted by Crippen LogP contribution is 2.43. The van der Waals surface area contributed by atoms with Crippen LogP contribution in [0.3, 0.4) is 0 Å². The summed E-state index contributed by atoms with van der Waals surface area (Å²) in [5.41, 5.74) is 0.711. The summed E-state index contributed by atoms with van der Waals surface area (Å²) in [6.07, 6.45) is 3.54. The van der Waals surface area contributed by atoms with E-state index >= 15 is 0 Å². The van der Waals surface area contributed by atoms with Gasteiger partial charge in [-0.05, 0) is 31.4 Å². The van der Waals surface area contributed by atoms with E-state index in [1.807, 2.05) is 28.0 Å². The van der Waals surface area contributed by atoms with Crippen LogP contribution in [0, 0.1) is 5.41 Å². The Hall–Kier alpha value is -2.44. The Kier molecular flexibility index (Phi) is 3.52. The highest BCUT2D eigenvalue weighted by atomic mass is 16.6. The van der Waals surface area contributed by atoms with E-state index in [1.165, 1.54) is 0 Å².